The molecule has 17 heavy (non-hydrogen) atoms. The van der Waals surface area contributed by atoms with E-state index >= 15 is 0 Å². The predicted octanol–water partition coefficient (Wildman–Crippen LogP) is 0.995. The Kier molecular flexibility index (Phi) is 6.86. The van der Waals surface area contributed by atoms with E-state index in [9.17, 15) is 14.4 Å². The van der Waals surface area contributed by atoms with Crippen LogP contribution in [0.2, 0.25) is 0 Å². The van der Waals surface area contributed by atoms with Crippen LogP contribution in [-0.2, 0) is 14.4 Å². The minimum Gasteiger partial charge on any atom is -0.478 e. The highest BCUT2D eigenvalue weighted by Crippen LogP contribution is 2.19. The van der Waals surface area contributed by atoms with Crippen molar-refractivity contribution in [1.29, 1.82) is 0 Å². The summed E-state index contributed by atoms with van der Waals surface area (Å²) in [6.45, 7) is 5.35. The van der Waals surface area contributed by atoms with Crippen LogP contribution in [0.4, 0.5) is 0 Å². The van der Waals surface area contributed by atoms with Crippen molar-refractivity contribution in [2.75, 3.05) is 6.54 Å². The molecule has 0 heterocycles. The molecule has 0 aliphatic carbocycles. The minimum atomic E-state index is -0.978. The molecule has 0 aromatic rings. The van der Waals surface area contributed by atoms with E-state index in [1.807, 2.05) is 13.8 Å². The van der Waals surface area contributed by atoms with Gasteiger partial charge in [0.25, 0.3) is 0 Å². The van der Waals surface area contributed by atoms with E-state index in [4.69, 9.17) is 5.11 Å². The van der Waals surface area contributed by atoms with E-state index in [2.05, 4.69) is 5.32 Å². The average molecular weight is 241 g/mol. The molecule has 0 aliphatic rings. The van der Waals surface area contributed by atoms with Crippen LogP contribution >= 0.6 is 0 Å². The molecule has 5 heteroatoms. The zero-order chi connectivity index (χ0) is 13.4. The zero-order valence-corrected chi connectivity index (χ0v) is 10.4. The highest BCUT2D eigenvalue weighted by atomic mass is 16.4. The van der Waals surface area contributed by atoms with Gasteiger partial charge in [0.05, 0.1) is 6.54 Å². The quantitative estimate of drug-likeness (QED) is 0.490. The first-order chi connectivity index (χ1) is 7.88. The summed E-state index contributed by atoms with van der Waals surface area (Å²) in [5.74, 6) is -1.03. The SMILES string of the molecule is C/C(=C\[C@@H](CC(=O)CNC=O)C(C)C)C(=O)O. The number of carboxylic acid groups (broad SMARTS) is 1. The Hall–Kier alpha value is -1.65. The monoisotopic (exact) mass is 241 g/mol. The van der Waals surface area contributed by atoms with Crippen LogP contribution in [0.3, 0.4) is 0 Å². The summed E-state index contributed by atoms with van der Waals surface area (Å²) < 4.78 is 0. The molecule has 1 amide bonds. The lowest BCUT2D eigenvalue weighted by molar-refractivity contribution is -0.132. The van der Waals surface area contributed by atoms with Gasteiger partial charge in [-0.3, -0.25) is 9.59 Å². The Labute approximate surface area is 101 Å². The van der Waals surface area contributed by atoms with Crippen molar-refractivity contribution in [2.24, 2.45) is 11.8 Å². The molecule has 0 aromatic heterocycles. The van der Waals surface area contributed by atoms with Gasteiger partial charge in [-0.15, -0.1) is 0 Å². The molecule has 5 nitrogen and oxygen atoms in total. The molecule has 0 saturated heterocycles. The van der Waals surface area contributed by atoms with E-state index in [-0.39, 0.29) is 36.2 Å². The van der Waals surface area contributed by atoms with Crippen LogP contribution in [0.1, 0.15) is 27.2 Å². The fourth-order valence-electron chi connectivity index (χ4n) is 1.37. The number of rotatable bonds is 8. The van der Waals surface area contributed by atoms with Gasteiger partial charge in [0.2, 0.25) is 6.41 Å². The Morgan fingerprint density at radius 2 is 1.94 bits per heavy atom. The Morgan fingerprint density at radius 3 is 2.35 bits per heavy atom. The summed E-state index contributed by atoms with van der Waals surface area (Å²) in [5, 5.41) is 11.1. The molecule has 0 radical (unpaired) electrons. The number of carboxylic acids is 1. The van der Waals surface area contributed by atoms with Gasteiger partial charge >= 0.3 is 5.97 Å². The third-order valence-electron chi connectivity index (χ3n) is 2.50. The third-order valence-corrected chi connectivity index (χ3v) is 2.50. The third kappa shape index (κ3) is 6.50. The summed E-state index contributed by atoms with van der Waals surface area (Å²) in [7, 11) is 0. The molecular weight excluding hydrogens is 222 g/mol. The van der Waals surface area contributed by atoms with Gasteiger partial charge in [0.15, 0.2) is 5.78 Å². The van der Waals surface area contributed by atoms with E-state index in [1.165, 1.54) is 6.92 Å². The number of amides is 1. The predicted molar refractivity (Wildman–Crippen MR) is 63.4 cm³/mol. The lowest BCUT2D eigenvalue weighted by Gasteiger charge is -2.16. The highest BCUT2D eigenvalue weighted by Gasteiger charge is 2.16. The topological polar surface area (TPSA) is 83.5 Å². The number of Topliss-reactive ketones (excluding diaryl/α,β-unsaturated/α-hetero) is 1. The first-order valence-electron chi connectivity index (χ1n) is 5.49. The summed E-state index contributed by atoms with van der Waals surface area (Å²) in [5.41, 5.74) is 0.236. The summed E-state index contributed by atoms with van der Waals surface area (Å²) in [6.07, 6.45) is 2.32. The van der Waals surface area contributed by atoms with Crippen LogP contribution in [0.15, 0.2) is 11.6 Å². The molecule has 0 aliphatic heterocycles. The van der Waals surface area contributed by atoms with Crippen molar-refractivity contribution < 1.29 is 19.5 Å². The van der Waals surface area contributed by atoms with Gasteiger partial charge in [-0.25, -0.2) is 4.79 Å². The second-order valence-corrected chi connectivity index (χ2v) is 4.30. The molecular formula is C12H19NO4. The van der Waals surface area contributed by atoms with Crippen LogP contribution < -0.4 is 5.32 Å². The number of nitrogens with one attached hydrogen (secondary N) is 1. The summed E-state index contributed by atoms with van der Waals surface area (Å²) in [4.78, 5) is 32.2. The Balaban J connectivity index is 4.55. The van der Waals surface area contributed by atoms with Crippen molar-refractivity contribution in [2.45, 2.75) is 27.2 Å². The maximum absolute atomic E-state index is 11.5. The standard InChI is InChI=1S/C12H19NO4/c1-8(2)10(4-9(3)12(16)17)5-11(15)6-13-7-14/h4,7-8,10H,5-6H2,1-3H3,(H,13,14)(H,16,17)/b9-4+/t10-/m0/s1. The van der Waals surface area contributed by atoms with Crippen molar-refractivity contribution in [3.05, 3.63) is 11.6 Å². The number of carbonyl (C=O) groups is 3. The number of aliphatic carboxylic acids is 1. The Morgan fingerprint density at radius 1 is 1.35 bits per heavy atom. The van der Waals surface area contributed by atoms with Gasteiger partial charge in [-0.2, -0.15) is 0 Å². The molecule has 0 saturated carbocycles. The molecule has 0 rings (SSSR count). The summed E-state index contributed by atoms with van der Waals surface area (Å²) in [6, 6.07) is 0. The van der Waals surface area contributed by atoms with E-state index < -0.39 is 5.97 Å². The van der Waals surface area contributed by atoms with E-state index in [1.54, 1.807) is 6.08 Å². The fourth-order valence-corrected chi connectivity index (χ4v) is 1.37. The number of hydrogen-bond donors (Lipinski definition) is 2. The normalized spacial score (nSPS) is 13.3. The lowest BCUT2D eigenvalue weighted by atomic mass is 9.89. The number of hydrogen-bond acceptors (Lipinski definition) is 3. The number of allylic oxidation sites excluding steroid dienone is 1. The van der Waals surface area contributed by atoms with Crippen molar-refractivity contribution in [1.82, 2.24) is 5.32 Å². The van der Waals surface area contributed by atoms with Crippen LogP contribution in [-0.4, -0.2) is 29.8 Å². The highest BCUT2D eigenvalue weighted by molar-refractivity contribution is 5.86. The van der Waals surface area contributed by atoms with E-state index in [0.29, 0.717) is 6.41 Å². The fraction of sp³-hybridized carbons (Fsp3) is 0.583. The maximum Gasteiger partial charge on any atom is 0.330 e. The van der Waals surface area contributed by atoms with Crippen molar-refractivity contribution in [3.8, 4) is 0 Å². The van der Waals surface area contributed by atoms with Crippen LogP contribution in [0.25, 0.3) is 0 Å². The number of ketones is 1. The van der Waals surface area contributed by atoms with E-state index in [0.717, 1.165) is 0 Å². The van der Waals surface area contributed by atoms with Crippen LogP contribution in [0.5, 0.6) is 0 Å². The molecule has 0 spiro atoms. The maximum atomic E-state index is 11.5. The molecule has 96 valence electrons. The molecule has 1 atom stereocenters. The summed E-state index contributed by atoms with van der Waals surface area (Å²) >= 11 is 0. The van der Waals surface area contributed by atoms with Crippen molar-refractivity contribution >= 4 is 18.2 Å². The second-order valence-electron chi connectivity index (χ2n) is 4.30. The number of carbonyl (C=O) groups excluding carboxylic acids is 2. The largest absolute Gasteiger partial charge is 0.478 e. The molecule has 0 unspecified atom stereocenters. The average Bonchev–Trinajstić information content (AvgIpc) is 2.24. The van der Waals surface area contributed by atoms with Gasteiger partial charge < -0.3 is 10.4 Å². The molecule has 0 aromatic carbocycles. The van der Waals surface area contributed by atoms with Crippen molar-refractivity contribution in [3.63, 3.8) is 0 Å². The first kappa shape index (κ1) is 15.3. The second kappa shape index (κ2) is 7.60. The minimum absolute atomic E-state index is 0.00726. The van der Waals surface area contributed by atoms with Crippen LogP contribution in [0, 0.1) is 11.8 Å². The zero-order valence-electron chi connectivity index (χ0n) is 10.4. The van der Waals surface area contributed by atoms with Gasteiger partial charge in [0, 0.05) is 12.0 Å². The lowest BCUT2D eigenvalue weighted by Crippen LogP contribution is -2.24. The van der Waals surface area contributed by atoms with Gasteiger partial charge in [0.1, 0.15) is 0 Å². The van der Waals surface area contributed by atoms with Gasteiger partial charge in [-0.1, -0.05) is 19.9 Å². The first-order valence-corrected chi connectivity index (χ1v) is 5.49. The van der Waals surface area contributed by atoms with Gasteiger partial charge in [-0.05, 0) is 18.8 Å². The molecule has 2 N–H and O–H groups in total. The molecule has 0 fully saturated rings. The molecule has 0 bridgehead atoms. The Bertz CT molecular complexity index is 320. The smallest absolute Gasteiger partial charge is 0.330 e.